The molecule has 0 spiro atoms. The van der Waals surface area contributed by atoms with E-state index in [0.717, 1.165) is 12.8 Å². The number of benzene rings is 1. The van der Waals surface area contributed by atoms with Crippen molar-refractivity contribution in [3.8, 4) is 17.2 Å². The van der Waals surface area contributed by atoms with Crippen molar-refractivity contribution in [3.05, 3.63) is 12.1 Å². The molecule has 0 saturated carbocycles. The largest absolute Gasteiger partial charge is 0.506 e. The Morgan fingerprint density at radius 3 is 1.76 bits per heavy atom. The van der Waals surface area contributed by atoms with E-state index < -0.39 is 0 Å². The van der Waals surface area contributed by atoms with Crippen LogP contribution in [0.2, 0.25) is 0 Å². The second-order valence-corrected chi connectivity index (χ2v) is 7.96. The highest BCUT2D eigenvalue weighted by Gasteiger charge is 2.10. The maximum absolute atomic E-state index is 11.1. The lowest BCUT2D eigenvalue weighted by molar-refractivity contribution is -0.114. The Balaban J connectivity index is 1.99. The number of anilines is 1. The van der Waals surface area contributed by atoms with Crippen molar-refractivity contribution in [2.75, 3.05) is 11.9 Å². The van der Waals surface area contributed by atoms with Crippen LogP contribution >= 0.6 is 0 Å². The molecule has 0 atom stereocenters. The summed E-state index contributed by atoms with van der Waals surface area (Å²) < 4.78 is 5.56. The lowest BCUT2D eigenvalue weighted by atomic mass is 10.0. The summed E-state index contributed by atoms with van der Waals surface area (Å²) in [6, 6.07) is 2.64. The highest BCUT2D eigenvalue weighted by molar-refractivity contribution is 5.90. The average Bonchev–Trinajstić information content (AvgIpc) is 2.68. The Morgan fingerprint density at radius 1 is 0.793 bits per heavy atom. The maximum Gasteiger partial charge on any atom is 0.221 e. The molecule has 0 heterocycles. The fourth-order valence-corrected chi connectivity index (χ4v) is 3.44. The van der Waals surface area contributed by atoms with Crippen LogP contribution in [0.15, 0.2) is 12.1 Å². The number of ether oxygens (including phenoxy) is 1. The molecule has 0 bridgehead atoms. The third kappa shape index (κ3) is 12.3. The first kappa shape index (κ1) is 25.1. The summed E-state index contributed by atoms with van der Waals surface area (Å²) in [5, 5.41) is 22.3. The van der Waals surface area contributed by atoms with E-state index in [4.69, 9.17) is 4.74 Å². The molecular weight excluding hydrogens is 366 g/mol. The molecule has 1 amide bonds. The highest BCUT2D eigenvalue weighted by atomic mass is 16.5. The fourth-order valence-electron chi connectivity index (χ4n) is 3.44. The van der Waals surface area contributed by atoms with Crippen LogP contribution in [0.4, 0.5) is 5.69 Å². The van der Waals surface area contributed by atoms with Gasteiger partial charge >= 0.3 is 0 Å². The van der Waals surface area contributed by atoms with E-state index in [1.807, 2.05) is 0 Å². The number of carbonyl (C=O) groups excluding carboxylic acids is 1. The molecule has 29 heavy (non-hydrogen) atoms. The van der Waals surface area contributed by atoms with Gasteiger partial charge in [0, 0.05) is 19.1 Å². The Hall–Kier alpha value is -1.91. The zero-order valence-corrected chi connectivity index (χ0v) is 18.5. The summed E-state index contributed by atoms with van der Waals surface area (Å²) in [5.41, 5.74) is 0.179. The van der Waals surface area contributed by atoms with E-state index in [-0.39, 0.29) is 28.8 Å². The SMILES string of the molecule is CCCCCCCCCCCCCCCCOc1cc(O)c(NC(C)=O)cc1O. The van der Waals surface area contributed by atoms with Gasteiger partial charge in [0.25, 0.3) is 0 Å². The molecular formula is C24H41NO4. The van der Waals surface area contributed by atoms with Gasteiger partial charge < -0.3 is 20.3 Å². The number of unbranched alkanes of at least 4 members (excludes halogenated alkanes) is 13. The Morgan fingerprint density at radius 2 is 1.28 bits per heavy atom. The van der Waals surface area contributed by atoms with Gasteiger partial charge in [-0.15, -0.1) is 0 Å². The first-order chi connectivity index (χ1) is 14.0. The molecule has 0 saturated heterocycles. The number of phenols is 2. The van der Waals surface area contributed by atoms with Crippen molar-refractivity contribution >= 4 is 11.6 Å². The molecule has 1 aromatic carbocycles. The molecule has 1 aromatic rings. The summed E-state index contributed by atoms with van der Waals surface area (Å²) in [4.78, 5) is 11.1. The lowest BCUT2D eigenvalue weighted by Crippen LogP contribution is -2.06. The average molecular weight is 408 g/mol. The smallest absolute Gasteiger partial charge is 0.221 e. The van der Waals surface area contributed by atoms with Crippen molar-refractivity contribution in [2.24, 2.45) is 0 Å². The molecule has 5 nitrogen and oxygen atoms in total. The van der Waals surface area contributed by atoms with E-state index in [1.54, 1.807) is 0 Å². The van der Waals surface area contributed by atoms with Crippen LogP contribution in [0, 0.1) is 0 Å². The van der Waals surface area contributed by atoms with Crippen LogP contribution in [0.5, 0.6) is 17.2 Å². The van der Waals surface area contributed by atoms with Crippen molar-refractivity contribution < 1.29 is 19.7 Å². The number of hydrogen-bond acceptors (Lipinski definition) is 4. The Bertz CT molecular complexity index is 574. The van der Waals surface area contributed by atoms with Gasteiger partial charge in [0.2, 0.25) is 5.91 Å². The number of carbonyl (C=O) groups is 1. The van der Waals surface area contributed by atoms with Crippen molar-refractivity contribution in [2.45, 2.75) is 104 Å². The molecule has 0 aliphatic carbocycles. The van der Waals surface area contributed by atoms with E-state index >= 15 is 0 Å². The minimum Gasteiger partial charge on any atom is -0.506 e. The fraction of sp³-hybridized carbons (Fsp3) is 0.708. The standard InChI is InChI=1S/C24H41NO4/c1-3-4-5-6-7-8-9-10-11-12-13-14-15-16-17-29-24-19-22(27)21(18-23(24)28)25-20(2)26/h18-19,27-28H,3-17H2,1-2H3,(H,25,26). The van der Waals surface area contributed by atoms with Gasteiger partial charge in [0.1, 0.15) is 5.75 Å². The normalized spacial score (nSPS) is 10.8. The summed E-state index contributed by atoms with van der Waals surface area (Å²) in [5.74, 6) is -0.270. The first-order valence-electron chi connectivity index (χ1n) is 11.5. The van der Waals surface area contributed by atoms with Crippen molar-refractivity contribution in [1.82, 2.24) is 0 Å². The van der Waals surface area contributed by atoms with Gasteiger partial charge in [-0.05, 0) is 6.42 Å². The topological polar surface area (TPSA) is 78.8 Å². The quantitative estimate of drug-likeness (QED) is 0.149. The van der Waals surface area contributed by atoms with Gasteiger partial charge in [-0.25, -0.2) is 0 Å². The predicted octanol–water partition coefficient (Wildman–Crippen LogP) is 6.92. The first-order valence-corrected chi connectivity index (χ1v) is 11.5. The van der Waals surface area contributed by atoms with Crippen LogP contribution in [-0.2, 0) is 4.79 Å². The molecule has 1 rings (SSSR count). The Kier molecular flexibility index (Phi) is 13.8. The minimum absolute atomic E-state index is 0.0862. The summed E-state index contributed by atoms with van der Waals surface area (Å²) >= 11 is 0. The van der Waals surface area contributed by atoms with Crippen molar-refractivity contribution in [3.63, 3.8) is 0 Å². The number of rotatable bonds is 17. The number of nitrogens with one attached hydrogen (secondary N) is 1. The number of amides is 1. The number of phenolic OH excluding ortho intramolecular Hbond substituents is 2. The number of aromatic hydroxyl groups is 2. The maximum atomic E-state index is 11.1. The molecule has 0 aliphatic heterocycles. The van der Waals surface area contributed by atoms with Gasteiger partial charge in [0.15, 0.2) is 11.5 Å². The molecule has 0 fully saturated rings. The zero-order valence-electron chi connectivity index (χ0n) is 18.5. The molecule has 0 unspecified atom stereocenters. The van der Waals surface area contributed by atoms with Crippen LogP contribution in [0.3, 0.4) is 0 Å². The van der Waals surface area contributed by atoms with Crippen molar-refractivity contribution in [1.29, 1.82) is 0 Å². The molecule has 0 radical (unpaired) electrons. The molecule has 166 valence electrons. The van der Waals surface area contributed by atoms with Crippen LogP contribution in [-0.4, -0.2) is 22.7 Å². The highest BCUT2D eigenvalue weighted by Crippen LogP contribution is 2.36. The third-order valence-electron chi connectivity index (χ3n) is 5.14. The summed E-state index contributed by atoms with van der Waals surface area (Å²) in [6.07, 6.45) is 18.3. The van der Waals surface area contributed by atoms with Crippen LogP contribution < -0.4 is 10.1 Å². The minimum atomic E-state index is -0.309. The zero-order chi connectivity index (χ0) is 21.3. The van der Waals surface area contributed by atoms with E-state index in [2.05, 4.69) is 12.2 Å². The van der Waals surface area contributed by atoms with E-state index in [1.165, 1.54) is 96.1 Å². The van der Waals surface area contributed by atoms with Crippen LogP contribution in [0.25, 0.3) is 0 Å². The molecule has 5 heteroatoms. The lowest BCUT2D eigenvalue weighted by Gasteiger charge is -2.11. The van der Waals surface area contributed by atoms with E-state index in [9.17, 15) is 15.0 Å². The second-order valence-electron chi connectivity index (χ2n) is 7.96. The second kappa shape index (κ2) is 15.9. The Labute approximate surface area is 176 Å². The van der Waals surface area contributed by atoms with Gasteiger partial charge in [-0.3, -0.25) is 4.79 Å². The molecule has 0 aliphatic rings. The monoisotopic (exact) mass is 407 g/mol. The summed E-state index contributed by atoms with van der Waals surface area (Å²) in [7, 11) is 0. The third-order valence-corrected chi connectivity index (χ3v) is 5.14. The number of hydrogen-bond donors (Lipinski definition) is 3. The van der Waals surface area contributed by atoms with Gasteiger partial charge in [-0.1, -0.05) is 90.4 Å². The van der Waals surface area contributed by atoms with Gasteiger partial charge in [-0.2, -0.15) is 0 Å². The van der Waals surface area contributed by atoms with E-state index in [0.29, 0.717) is 6.61 Å². The molecule has 3 N–H and O–H groups in total. The van der Waals surface area contributed by atoms with Crippen LogP contribution in [0.1, 0.15) is 104 Å². The molecule has 0 aromatic heterocycles. The summed E-state index contributed by atoms with van der Waals surface area (Å²) in [6.45, 7) is 4.11. The van der Waals surface area contributed by atoms with Gasteiger partial charge in [0.05, 0.1) is 12.3 Å². The predicted molar refractivity (Wildman–Crippen MR) is 120 cm³/mol.